The fourth-order valence-corrected chi connectivity index (χ4v) is 5.20. The van der Waals surface area contributed by atoms with E-state index in [2.05, 4.69) is 33.5 Å². The molecule has 0 aliphatic heterocycles. The van der Waals surface area contributed by atoms with Gasteiger partial charge in [-0.2, -0.15) is 0 Å². The van der Waals surface area contributed by atoms with E-state index < -0.39 is 0 Å². The van der Waals surface area contributed by atoms with Crippen molar-refractivity contribution in [2.24, 2.45) is 0 Å². The maximum Gasteiger partial charge on any atom is 0.251 e. The summed E-state index contributed by atoms with van der Waals surface area (Å²) in [6, 6.07) is 29.1. The molecular weight excluding hydrogens is 482 g/mol. The van der Waals surface area contributed by atoms with Gasteiger partial charge in [0.2, 0.25) is 5.91 Å². The van der Waals surface area contributed by atoms with Crippen LogP contribution in [0.1, 0.15) is 10.4 Å². The Morgan fingerprint density at radius 2 is 1.59 bits per heavy atom. The summed E-state index contributed by atoms with van der Waals surface area (Å²) >= 11 is 1.51. The maximum absolute atomic E-state index is 12.8. The minimum Gasteiger partial charge on any atom is -0.497 e. The molecule has 0 aliphatic rings. The number of carbonyl (C=O) groups is 2. The molecule has 0 saturated carbocycles. The average molecular weight is 510 g/mol. The van der Waals surface area contributed by atoms with Gasteiger partial charge in [-0.3, -0.25) is 9.59 Å². The van der Waals surface area contributed by atoms with Crippen LogP contribution >= 0.6 is 11.8 Å². The topological polar surface area (TPSA) is 72.4 Å². The van der Waals surface area contributed by atoms with Gasteiger partial charge in [-0.15, -0.1) is 11.8 Å². The van der Waals surface area contributed by atoms with Crippen molar-refractivity contribution in [2.75, 3.05) is 24.7 Å². The first-order valence-corrected chi connectivity index (χ1v) is 13.0. The van der Waals surface area contributed by atoms with Gasteiger partial charge in [-0.05, 0) is 41.8 Å². The van der Waals surface area contributed by atoms with E-state index in [0.29, 0.717) is 30.2 Å². The zero-order valence-corrected chi connectivity index (χ0v) is 21.3. The summed E-state index contributed by atoms with van der Waals surface area (Å²) in [4.78, 5) is 26.3. The fraction of sp³-hybridized carbons (Fsp3) is 0.133. The monoisotopic (exact) mass is 509 g/mol. The van der Waals surface area contributed by atoms with Crippen molar-refractivity contribution in [3.63, 3.8) is 0 Å². The van der Waals surface area contributed by atoms with Crippen molar-refractivity contribution in [3.8, 4) is 5.75 Å². The first-order valence-electron chi connectivity index (χ1n) is 12.0. The van der Waals surface area contributed by atoms with Crippen molar-refractivity contribution in [1.82, 2.24) is 9.88 Å². The Morgan fingerprint density at radius 1 is 0.865 bits per heavy atom. The Labute approximate surface area is 219 Å². The summed E-state index contributed by atoms with van der Waals surface area (Å²) in [5.74, 6) is 0.834. The van der Waals surface area contributed by atoms with Crippen molar-refractivity contribution >= 4 is 50.9 Å². The predicted octanol–water partition coefficient (Wildman–Crippen LogP) is 5.96. The van der Waals surface area contributed by atoms with Gasteiger partial charge in [-0.1, -0.05) is 54.6 Å². The summed E-state index contributed by atoms with van der Waals surface area (Å²) in [7, 11) is 1.60. The molecule has 7 heteroatoms. The van der Waals surface area contributed by atoms with Gasteiger partial charge in [0.15, 0.2) is 0 Å². The first kappa shape index (κ1) is 24.5. The van der Waals surface area contributed by atoms with Crippen molar-refractivity contribution < 1.29 is 14.3 Å². The molecule has 37 heavy (non-hydrogen) atoms. The van der Waals surface area contributed by atoms with Crippen LogP contribution in [0.5, 0.6) is 5.75 Å². The van der Waals surface area contributed by atoms with E-state index in [-0.39, 0.29) is 11.8 Å². The molecule has 4 aromatic carbocycles. The molecule has 2 amide bonds. The maximum atomic E-state index is 12.8. The highest BCUT2D eigenvalue weighted by Crippen LogP contribution is 2.30. The van der Waals surface area contributed by atoms with E-state index in [4.69, 9.17) is 4.74 Å². The van der Waals surface area contributed by atoms with Crippen LogP contribution in [0, 0.1) is 0 Å². The van der Waals surface area contributed by atoms with Crippen molar-refractivity contribution in [1.29, 1.82) is 0 Å². The number of hydrogen-bond donors (Lipinski definition) is 2. The summed E-state index contributed by atoms with van der Waals surface area (Å²) in [5, 5.41) is 9.24. The summed E-state index contributed by atoms with van der Waals surface area (Å²) < 4.78 is 7.27. The highest BCUT2D eigenvalue weighted by molar-refractivity contribution is 8.00. The van der Waals surface area contributed by atoms with E-state index in [0.717, 1.165) is 32.3 Å². The van der Waals surface area contributed by atoms with Crippen LogP contribution in [-0.2, 0) is 11.3 Å². The molecule has 5 rings (SSSR count). The Hall–Kier alpha value is -4.23. The molecule has 0 aliphatic carbocycles. The molecule has 0 radical (unpaired) electrons. The third-order valence-electron chi connectivity index (χ3n) is 6.16. The highest BCUT2D eigenvalue weighted by Gasteiger charge is 2.12. The number of para-hydroxylation sites is 1. The van der Waals surface area contributed by atoms with Crippen molar-refractivity contribution in [2.45, 2.75) is 11.4 Å². The second kappa shape index (κ2) is 11.2. The van der Waals surface area contributed by atoms with E-state index in [1.807, 2.05) is 54.6 Å². The van der Waals surface area contributed by atoms with Gasteiger partial charge in [0.05, 0.1) is 12.9 Å². The standard InChI is InChI=1S/C30H27N3O3S/c1-36-23-15-13-22(14-16-23)30(35)31-17-18-33-19-28(25-10-4-5-12-27(25)33)37-20-29(34)32-26-11-6-8-21-7-2-3-9-24(21)26/h2-16,19H,17-18,20H2,1H3,(H,31,35)(H,32,34). The van der Waals surface area contributed by atoms with Crippen LogP contribution in [0.4, 0.5) is 5.69 Å². The lowest BCUT2D eigenvalue weighted by atomic mass is 10.1. The number of nitrogens with zero attached hydrogens (tertiary/aromatic N) is 1. The molecule has 0 atom stereocenters. The number of benzene rings is 4. The van der Waals surface area contributed by atoms with Crippen LogP contribution in [0.3, 0.4) is 0 Å². The molecule has 0 spiro atoms. The molecule has 5 aromatic rings. The number of aromatic nitrogens is 1. The highest BCUT2D eigenvalue weighted by atomic mass is 32.2. The Morgan fingerprint density at radius 3 is 2.41 bits per heavy atom. The van der Waals surface area contributed by atoms with E-state index in [9.17, 15) is 9.59 Å². The zero-order chi connectivity index (χ0) is 25.6. The quantitative estimate of drug-likeness (QED) is 0.240. The molecular formula is C30H27N3O3S. The van der Waals surface area contributed by atoms with Crippen molar-refractivity contribution in [3.05, 3.63) is 103 Å². The van der Waals surface area contributed by atoms with Gasteiger partial charge in [0, 0.05) is 51.7 Å². The molecule has 186 valence electrons. The first-order chi connectivity index (χ1) is 18.1. The Kier molecular flexibility index (Phi) is 7.42. The van der Waals surface area contributed by atoms with Gasteiger partial charge in [-0.25, -0.2) is 0 Å². The van der Waals surface area contributed by atoms with E-state index in [1.54, 1.807) is 31.4 Å². The largest absolute Gasteiger partial charge is 0.497 e. The number of nitrogens with one attached hydrogen (secondary N) is 2. The normalized spacial score (nSPS) is 10.9. The Bertz CT molecular complexity index is 1550. The lowest BCUT2D eigenvalue weighted by molar-refractivity contribution is -0.113. The zero-order valence-electron chi connectivity index (χ0n) is 20.4. The molecule has 1 heterocycles. The number of methoxy groups -OCH3 is 1. The number of ether oxygens (including phenoxy) is 1. The third kappa shape index (κ3) is 5.62. The molecule has 6 nitrogen and oxygen atoms in total. The number of thioether (sulfide) groups is 1. The van der Waals surface area contributed by atoms with Gasteiger partial charge < -0.3 is 19.9 Å². The molecule has 1 aromatic heterocycles. The van der Waals surface area contributed by atoms with Crippen LogP contribution in [0.2, 0.25) is 0 Å². The summed E-state index contributed by atoms with van der Waals surface area (Å²) in [6.45, 7) is 1.10. The number of hydrogen-bond acceptors (Lipinski definition) is 4. The van der Waals surface area contributed by atoms with E-state index in [1.165, 1.54) is 11.8 Å². The molecule has 0 saturated heterocycles. The number of anilines is 1. The molecule has 0 unspecified atom stereocenters. The van der Waals surface area contributed by atoms with Crippen LogP contribution in [-0.4, -0.2) is 35.8 Å². The molecule has 2 N–H and O–H groups in total. The SMILES string of the molecule is COc1ccc(C(=O)NCCn2cc(SCC(=O)Nc3cccc4ccccc34)c3ccccc32)cc1. The average Bonchev–Trinajstić information content (AvgIpc) is 3.29. The number of rotatable bonds is 9. The minimum atomic E-state index is -0.126. The van der Waals surface area contributed by atoms with Crippen LogP contribution < -0.4 is 15.4 Å². The van der Waals surface area contributed by atoms with Crippen LogP contribution in [0.25, 0.3) is 21.7 Å². The van der Waals surface area contributed by atoms with Crippen LogP contribution in [0.15, 0.2) is 102 Å². The predicted molar refractivity (Wildman–Crippen MR) is 151 cm³/mol. The number of fused-ring (bicyclic) bond motifs is 2. The van der Waals surface area contributed by atoms with Gasteiger partial charge in [0.1, 0.15) is 5.75 Å². The molecule has 0 fully saturated rings. The smallest absolute Gasteiger partial charge is 0.251 e. The van der Waals surface area contributed by atoms with Gasteiger partial charge >= 0.3 is 0 Å². The minimum absolute atomic E-state index is 0.0510. The third-order valence-corrected chi connectivity index (χ3v) is 7.21. The number of amides is 2. The summed E-state index contributed by atoms with van der Waals surface area (Å²) in [6.07, 6.45) is 2.06. The number of carbonyl (C=O) groups excluding carboxylic acids is 2. The Balaban J connectivity index is 1.22. The second-order valence-corrected chi connectivity index (χ2v) is 9.57. The lowest BCUT2D eigenvalue weighted by Crippen LogP contribution is -2.27. The molecule has 0 bridgehead atoms. The van der Waals surface area contributed by atoms with E-state index >= 15 is 0 Å². The summed E-state index contributed by atoms with van der Waals surface area (Å²) in [5.41, 5.74) is 2.48. The lowest BCUT2D eigenvalue weighted by Gasteiger charge is -2.08. The second-order valence-electron chi connectivity index (χ2n) is 8.55. The fourth-order valence-electron chi connectivity index (χ4n) is 4.31. The van der Waals surface area contributed by atoms with Gasteiger partial charge in [0.25, 0.3) is 5.91 Å².